The Morgan fingerprint density at radius 1 is 0.964 bits per heavy atom. The SMILES string of the molecule is CC1(C)CC(c2ccccc2N2CCN(CCS(C)(=O)=O)CC2)CC(C)(C)C1. The van der Waals surface area contributed by atoms with Crippen LogP contribution < -0.4 is 4.90 Å². The minimum atomic E-state index is -2.89. The first-order valence-corrected chi connectivity index (χ1v) is 12.7. The van der Waals surface area contributed by atoms with E-state index >= 15 is 0 Å². The minimum Gasteiger partial charge on any atom is -0.369 e. The fourth-order valence-electron chi connectivity index (χ4n) is 5.69. The number of hydrogen-bond acceptors (Lipinski definition) is 4. The molecule has 4 nitrogen and oxygen atoms in total. The quantitative estimate of drug-likeness (QED) is 0.736. The summed E-state index contributed by atoms with van der Waals surface area (Å²) in [6.45, 7) is 14.2. The molecule has 1 aliphatic carbocycles. The number of piperazine rings is 1. The molecule has 1 aliphatic heterocycles. The Balaban J connectivity index is 1.71. The first kappa shape index (κ1) is 21.6. The Morgan fingerprint density at radius 2 is 1.54 bits per heavy atom. The van der Waals surface area contributed by atoms with Crippen LogP contribution in [-0.2, 0) is 9.84 Å². The molecule has 1 aromatic carbocycles. The lowest BCUT2D eigenvalue weighted by Crippen LogP contribution is -2.48. The molecule has 0 unspecified atom stereocenters. The Kier molecular flexibility index (Phi) is 6.17. The van der Waals surface area contributed by atoms with Gasteiger partial charge in [0.05, 0.1) is 5.75 Å². The number of sulfone groups is 1. The Hall–Kier alpha value is -1.07. The third-order valence-corrected chi connectivity index (χ3v) is 7.35. The number of para-hydroxylation sites is 1. The van der Waals surface area contributed by atoms with Crippen molar-refractivity contribution in [1.82, 2.24) is 4.90 Å². The molecule has 0 atom stereocenters. The molecule has 2 aliphatic rings. The third-order valence-electron chi connectivity index (χ3n) is 6.42. The molecule has 1 saturated carbocycles. The van der Waals surface area contributed by atoms with Gasteiger partial charge in [-0.05, 0) is 47.6 Å². The molecule has 1 saturated heterocycles. The zero-order valence-electron chi connectivity index (χ0n) is 18.4. The van der Waals surface area contributed by atoms with E-state index in [0.29, 0.717) is 23.3 Å². The maximum Gasteiger partial charge on any atom is 0.148 e. The average Bonchev–Trinajstić information content (AvgIpc) is 2.57. The van der Waals surface area contributed by atoms with Crippen molar-refractivity contribution in [3.63, 3.8) is 0 Å². The number of anilines is 1. The van der Waals surface area contributed by atoms with E-state index < -0.39 is 9.84 Å². The van der Waals surface area contributed by atoms with Crippen LogP contribution in [0.4, 0.5) is 5.69 Å². The first-order valence-electron chi connectivity index (χ1n) is 10.7. The Labute approximate surface area is 172 Å². The zero-order chi connectivity index (χ0) is 20.6. The lowest BCUT2D eigenvalue weighted by atomic mass is 9.60. The molecule has 0 bridgehead atoms. The summed E-state index contributed by atoms with van der Waals surface area (Å²) in [4.78, 5) is 4.80. The summed E-state index contributed by atoms with van der Waals surface area (Å²) in [7, 11) is -2.89. The number of hydrogen-bond donors (Lipinski definition) is 0. The van der Waals surface area contributed by atoms with E-state index in [0.717, 1.165) is 26.2 Å². The molecule has 28 heavy (non-hydrogen) atoms. The monoisotopic (exact) mass is 406 g/mol. The van der Waals surface area contributed by atoms with Gasteiger partial charge in [-0.1, -0.05) is 45.9 Å². The maximum atomic E-state index is 11.4. The summed E-state index contributed by atoms with van der Waals surface area (Å²) in [5.41, 5.74) is 3.66. The van der Waals surface area contributed by atoms with Gasteiger partial charge in [0.15, 0.2) is 0 Å². The standard InChI is InChI=1S/C23H38N2O2S/c1-22(2)16-19(17-23(3,4)18-22)20-8-6-7-9-21(20)25-12-10-24(11-13-25)14-15-28(5,26)27/h6-9,19H,10-18H2,1-5H3. The fourth-order valence-corrected chi connectivity index (χ4v) is 6.28. The van der Waals surface area contributed by atoms with E-state index in [1.807, 2.05) is 0 Å². The number of benzene rings is 1. The minimum absolute atomic E-state index is 0.260. The van der Waals surface area contributed by atoms with Gasteiger partial charge in [0, 0.05) is 44.7 Å². The maximum absolute atomic E-state index is 11.4. The van der Waals surface area contributed by atoms with Crippen molar-refractivity contribution in [2.75, 3.05) is 49.6 Å². The summed E-state index contributed by atoms with van der Waals surface area (Å²) in [6, 6.07) is 8.98. The molecule has 1 aromatic rings. The molecular weight excluding hydrogens is 368 g/mol. The van der Waals surface area contributed by atoms with Crippen LogP contribution in [0.3, 0.4) is 0 Å². The predicted molar refractivity (Wildman–Crippen MR) is 119 cm³/mol. The van der Waals surface area contributed by atoms with E-state index in [1.54, 1.807) is 0 Å². The van der Waals surface area contributed by atoms with Crippen LogP contribution in [0.5, 0.6) is 0 Å². The third kappa shape index (κ3) is 5.73. The zero-order valence-corrected chi connectivity index (χ0v) is 19.2. The lowest BCUT2D eigenvalue weighted by Gasteiger charge is -2.46. The summed E-state index contributed by atoms with van der Waals surface area (Å²) in [5.74, 6) is 0.869. The predicted octanol–water partition coefficient (Wildman–Crippen LogP) is 4.17. The van der Waals surface area contributed by atoms with Crippen molar-refractivity contribution < 1.29 is 8.42 Å². The van der Waals surface area contributed by atoms with Gasteiger partial charge >= 0.3 is 0 Å². The second kappa shape index (κ2) is 7.98. The molecule has 158 valence electrons. The van der Waals surface area contributed by atoms with Crippen molar-refractivity contribution in [1.29, 1.82) is 0 Å². The van der Waals surface area contributed by atoms with Gasteiger partial charge in [-0.25, -0.2) is 8.42 Å². The van der Waals surface area contributed by atoms with Gasteiger partial charge in [-0.15, -0.1) is 0 Å². The number of rotatable bonds is 5. The van der Waals surface area contributed by atoms with Crippen LogP contribution >= 0.6 is 0 Å². The van der Waals surface area contributed by atoms with Crippen molar-refractivity contribution >= 4 is 15.5 Å². The average molecular weight is 407 g/mol. The molecule has 0 N–H and O–H groups in total. The molecule has 2 fully saturated rings. The fraction of sp³-hybridized carbons (Fsp3) is 0.739. The normalized spacial score (nSPS) is 23.7. The van der Waals surface area contributed by atoms with Crippen molar-refractivity contribution in [3.05, 3.63) is 29.8 Å². The molecule has 5 heteroatoms. The summed E-state index contributed by atoms with van der Waals surface area (Å²) >= 11 is 0. The van der Waals surface area contributed by atoms with Gasteiger partial charge < -0.3 is 4.90 Å². The van der Waals surface area contributed by atoms with Gasteiger partial charge in [-0.2, -0.15) is 0 Å². The topological polar surface area (TPSA) is 40.6 Å². The van der Waals surface area contributed by atoms with Crippen LogP contribution in [0.1, 0.15) is 58.4 Å². The van der Waals surface area contributed by atoms with Crippen LogP contribution in [0.25, 0.3) is 0 Å². The Bertz CT molecular complexity index is 762. The largest absolute Gasteiger partial charge is 0.369 e. The molecule has 0 spiro atoms. The van der Waals surface area contributed by atoms with E-state index in [-0.39, 0.29) is 5.75 Å². The van der Waals surface area contributed by atoms with Crippen LogP contribution in [0, 0.1) is 10.8 Å². The van der Waals surface area contributed by atoms with E-state index in [2.05, 4.69) is 61.8 Å². The smallest absolute Gasteiger partial charge is 0.148 e. The van der Waals surface area contributed by atoms with E-state index in [4.69, 9.17) is 0 Å². The van der Waals surface area contributed by atoms with Crippen LogP contribution in [-0.4, -0.2) is 58.1 Å². The highest BCUT2D eigenvalue weighted by Crippen LogP contribution is 2.53. The van der Waals surface area contributed by atoms with Gasteiger partial charge in [0.1, 0.15) is 9.84 Å². The summed E-state index contributed by atoms with van der Waals surface area (Å²) in [6.07, 6.45) is 5.12. The second-order valence-electron chi connectivity index (χ2n) is 10.6. The highest BCUT2D eigenvalue weighted by atomic mass is 32.2. The highest BCUT2D eigenvalue weighted by molar-refractivity contribution is 7.90. The lowest BCUT2D eigenvalue weighted by molar-refractivity contribution is 0.0970. The number of nitrogens with zero attached hydrogens (tertiary/aromatic N) is 2. The van der Waals surface area contributed by atoms with Crippen LogP contribution in [0.2, 0.25) is 0 Å². The van der Waals surface area contributed by atoms with E-state index in [9.17, 15) is 8.42 Å². The van der Waals surface area contributed by atoms with Crippen molar-refractivity contribution in [2.24, 2.45) is 10.8 Å². The molecule has 3 rings (SSSR count). The van der Waals surface area contributed by atoms with Gasteiger partial charge in [0.25, 0.3) is 0 Å². The summed E-state index contributed by atoms with van der Waals surface area (Å²) < 4.78 is 22.9. The second-order valence-corrected chi connectivity index (χ2v) is 12.9. The van der Waals surface area contributed by atoms with Crippen molar-refractivity contribution in [2.45, 2.75) is 52.9 Å². The summed E-state index contributed by atoms with van der Waals surface area (Å²) in [5, 5.41) is 0. The molecular formula is C23H38N2O2S. The highest BCUT2D eigenvalue weighted by Gasteiger charge is 2.39. The van der Waals surface area contributed by atoms with Crippen molar-refractivity contribution in [3.8, 4) is 0 Å². The van der Waals surface area contributed by atoms with Gasteiger partial charge in [-0.3, -0.25) is 4.90 Å². The Morgan fingerprint density at radius 3 is 2.11 bits per heavy atom. The van der Waals surface area contributed by atoms with Crippen LogP contribution in [0.15, 0.2) is 24.3 Å². The first-order chi connectivity index (χ1) is 12.9. The molecule has 1 heterocycles. The van der Waals surface area contributed by atoms with E-state index in [1.165, 1.54) is 36.8 Å². The molecule has 0 radical (unpaired) electrons. The van der Waals surface area contributed by atoms with Gasteiger partial charge in [0.2, 0.25) is 0 Å². The molecule has 0 aromatic heterocycles. The molecule has 0 amide bonds.